The highest BCUT2D eigenvalue weighted by Crippen LogP contribution is 2.13. The summed E-state index contributed by atoms with van der Waals surface area (Å²) in [5.41, 5.74) is 0.133. The molecule has 0 aliphatic heterocycles. The summed E-state index contributed by atoms with van der Waals surface area (Å²) >= 11 is 1.51. The van der Waals surface area contributed by atoms with Gasteiger partial charge < -0.3 is 0 Å². The van der Waals surface area contributed by atoms with Gasteiger partial charge in [-0.3, -0.25) is 9.78 Å². The fraction of sp³-hybridized carbons (Fsp3) is 0.400. The quantitative estimate of drug-likeness (QED) is 0.720. The Hall–Kier alpha value is -0.900. The molecule has 0 N–H and O–H groups in total. The van der Waals surface area contributed by atoms with Crippen molar-refractivity contribution in [3.05, 3.63) is 29.8 Å². The van der Waals surface area contributed by atoms with Gasteiger partial charge in [0.25, 0.3) is 0 Å². The normalized spacial score (nSPS) is 10.6. The standard InChI is InChI=1S/C10H12FNOS/c1-7(2)14-6-10(13)8-3-4-12-5-9(8)11/h3-5,7H,6H2,1-2H3. The number of carbonyl (C=O) groups excluding carboxylic acids is 1. The average molecular weight is 213 g/mol. The summed E-state index contributed by atoms with van der Waals surface area (Å²) in [6.45, 7) is 4.00. The smallest absolute Gasteiger partial charge is 0.175 e. The van der Waals surface area contributed by atoms with Crippen molar-refractivity contribution in [3.63, 3.8) is 0 Å². The Balaban J connectivity index is 2.65. The van der Waals surface area contributed by atoms with Gasteiger partial charge in [-0.15, -0.1) is 0 Å². The van der Waals surface area contributed by atoms with Crippen LogP contribution in [0.3, 0.4) is 0 Å². The topological polar surface area (TPSA) is 30.0 Å². The van der Waals surface area contributed by atoms with E-state index in [1.54, 1.807) is 0 Å². The summed E-state index contributed by atoms with van der Waals surface area (Å²) in [6.07, 6.45) is 2.49. The van der Waals surface area contributed by atoms with Crippen molar-refractivity contribution in [2.24, 2.45) is 0 Å². The van der Waals surface area contributed by atoms with Gasteiger partial charge in [0.2, 0.25) is 0 Å². The highest BCUT2D eigenvalue weighted by Gasteiger charge is 2.11. The van der Waals surface area contributed by atoms with Crippen LogP contribution in [0.5, 0.6) is 0 Å². The highest BCUT2D eigenvalue weighted by molar-refractivity contribution is 8.00. The van der Waals surface area contributed by atoms with Crippen molar-refractivity contribution in [1.29, 1.82) is 0 Å². The van der Waals surface area contributed by atoms with E-state index in [4.69, 9.17) is 0 Å². The first-order chi connectivity index (χ1) is 6.61. The summed E-state index contributed by atoms with van der Waals surface area (Å²) in [4.78, 5) is 15.1. The van der Waals surface area contributed by atoms with E-state index in [1.165, 1.54) is 24.0 Å². The van der Waals surface area contributed by atoms with Crippen molar-refractivity contribution >= 4 is 17.5 Å². The molecular formula is C10H12FNOS. The molecule has 0 unspecified atom stereocenters. The second kappa shape index (κ2) is 5.10. The number of nitrogens with zero attached hydrogens (tertiary/aromatic N) is 1. The van der Waals surface area contributed by atoms with Crippen LogP contribution in [0.1, 0.15) is 24.2 Å². The van der Waals surface area contributed by atoms with Gasteiger partial charge >= 0.3 is 0 Å². The predicted molar refractivity (Wildman–Crippen MR) is 56.1 cm³/mol. The zero-order valence-corrected chi connectivity index (χ0v) is 8.97. The molecular weight excluding hydrogens is 201 g/mol. The Kier molecular flexibility index (Phi) is 4.07. The van der Waals surface area contributed by atoms with Gasteiger partial charge in [0.15, 0.2) is 11.6 Å². The van der Waals surface area contributed by atoms with E-state index in [0.29, 0.717) is 11.0 Å². The first-order valence-corrected chi connectivity index (χ1v) is 5.40. The van der Waals surface area contributed by atoms with Gasteiger partial charge in [-0.2, -0.15) is 11.8 Å². The first kappa shape index (κ1) is 11.2. The van der Waals surface area contributed by atoms with Crippen LogP contribution in [0.4, 0.5) is 4.39 Å². The lowest BCUT2D eigenvalue weighted by Gasteiger charge is -2.04. The summed E-state index contributed by atoms with van der Waals surface area (Å²) < 4.78 is 13.1. The molecule has 76 valence electrons. The van der Waals surface area contributed by atoms with E-state index in [1.807, 2.05) is 13.8 Å². The fourth-order valence-electron chi connectivity index (χ4n) is 0.921. The Morgan fingerprint density at radius 2 is 2.36 bits per heavy atom. The number of Topliss-reactive ketones (excluding diaryl/α,β-unsaturated/α-hetero) is 1. The number of halogens is 1. The van der Waals surface area contributed by atoms with Crippen molar-refractivity contribution in [2.75, 3.05) is 5.75 Å². The van der Waals surface area contributed by atoms with Crippen molar-refractivity contribution < 1.29 is 9.18 Å². The molecule has 14 heavy (non-hydrogen) atoms. The second-order valence-corrected chi connectivity index (χ2v) is 4.70. The Bertz CT molecular complexity index is 328. The average Bonchev–Trinajstić information content (AvgIpc) is 2.15. The molecule has 1 rings (SSSR count). The van der Waals surface area contributed by atoms with Crippen molar-refractivity contribution in [3.8, 4) is 0 Å². The summed E-state index contributed by atoms with van der Waals surface area (Å²) in [5.74, 6) is -0.399. The number of hydrogen-bond acceptors (Lipinski definition) is 3. The van der Waals surface area contributed by atoms with Crippen LogP contribution in [0.25, 0.3) is 0 Å². The minimum atomic E-state index is -0.540. The summed E-state index contributed by atoms with van der Waals surface area (Å²) in [5, 5.41) is 0.379. The van der Waals surface area contributed by atoms with E-state index in [0.717, 1.165) is 6.20 Å². The maximum Gasteiger partial charge on any atom is 0.175 e. The monoisotopic (exact) mass is 213 g/mol. The first-order valence-electron chi connectivity index (χ1n) is 4.35. The third kappa shape index (κ3) is 3.10. The van der Waals surface area contributed by atoms with Crippen molar-refractivity contribution in [2.45, 2.75) is 19.1 Å². The predicted octanol–water partition coefficient (Wildman–Crippen LogP) is 2.55. The van der Waals surface area contributed by atoms with Gasteiger partial charge in [-0.05, 0) is 11.3 Å². The zero-order chi connectivity index (χ0) is 10.6. The lowest BCUT2D eigenvalue weighted by Crippen LogP contribution is -2.07. The number of aromatic nitrogens is 1. The van der Waals surface area contributed by atoms with E-state index >= 15 is 0 Å². The van der Waals surface area contributed by atoms with Crippen LogP contribution in [0.15, 0.2) is 18.5 Å². The number of pyridine rings is 1. The molecule has 4 heteroatoms. The number of thioether (sulfide) groups is 1. The maximum atomic E-state index is 13.1. The molecule has 0 aromatic carbocycles. The summed E-state index contributed by atoms with van der Waals surface area (Å²) in [6, 6.07) is 1.42. The molecule has 0 radical (unpaired) electrons. The third-order valence-corrected chi connectivity index (χ3v) is 2.72. The maximum absolute atomic E-state index is 13.1. The zero-order valence-electron chi connectivity index (χ0n) is 8.16. The van der Waals surface area contributed by atoms with E-state index < -0.39 is 5.82 Å². The van der Waals surface area contributed by atoms with Gasteiger partial charge in [0, 0.05) is 6.20 Å². The van der Waals surface area contributed by atoms with Crippen LogP contribution < -0.4 is 0 Å². The molecule has 0 aliphatic rings. The molecule has 0 fully saturated rings. The van der Waals surface area contributed by atoms with Gasteiger partial charge in [0.1, 0.15) is 0 Å². The van der Waals surface area contributed by atoms with Crippen molar-refractivity contribution in [1.82, 2.24) is 4.98 Å². The lowest BCUT2D eigenvalue weighted by molar-refractivity contribution is 0.101. The molecule has 1 aromatic heterocycles. The van der Waals surface area contributed by atoms with Crippen LogP contribution in [0, 0.1) is 5.82 Å². The number of carbonyl (C=O) groups is 1. The van der Waals surface area contributed by atoms with Crippen LogP contribution in [0.2, 0.25) is 0 Å². The Morgan fingerprint density at radius 1 is 1.64 bits per heavy atom. The lowest BCUT2D eigenvalue weighted by atomic mass is 10.2. The number of rotatable bonds is 4. The molecule has 1 aromatic rings. The second-order valence-electron chi connectivity index (χ2n) is 3.14. The van der Waals surface area contributed by atoms with Crippen LogP contribution in [-0.4, -0.2) is 21.8 Å². The van der Waals surface area contributed by atoms with Gasteiger partial charge in [0.05, 0.1) is 17.5 Å². The molecule has 0 saturated heterocycles. The molecule has 0 spiro atoms. The molecule has 0 atom stereocenters. The SMILES string of the molecule is CC(C)SCC(=O)c1ccncc1F. The molecule has 0 amide bonds. The van der Waals surface area contributed by atoms with E-state index in [-0.39, 0.29) is 11.3 Å². The fourth-order valence-corrected chi connectivity index (χ4v) is 1.56. The Labute approximate surface area is 86.9 Å². The third-order valence-electron chi connectivity index (χ3n) is 1.62. The number of hydrogen-bond donors (Lipinski definition) is 0. The molecule has 0 aliphatic carbocycles. The van der Waals surface area contributed by atoms with Crippen LogP contribution in [-0.2, 0) is 0 Å². The largest absolute Gasteiger partial charge is 0.293 e. The Morgan fingerprint density at radius 3 is 2.93 bits per heavy atom. The summed E-state index contributed by atoms with van der Waals surface area (Å²) in [7, 11) is 0. The minimum absolute atomic E-state index is 0.133. The van der Waals surface area contributed by atoms with Gasteiger partial charge in [-0.25, -0.2) is 4.39 Å². The molecule has 1 heterocycles. The molecule has 0 saturated carbocycles. The molecule has 0 bridgehead atoms. The van der Waals surface area contributed by atoms with Gasteiger partial charge in [-0.1, -0.05) is 13.8 Å². The van der Waals surface area contributed by atoms with Crippen LogP contribution >= 0.6 is 11.8 Å². The van der Waals surface area contributed by atoms with E-state index in [9.17, 15) is 9.18 Å². The number of ketones is 1. The minimum Gasteiger partial charge on any atom is -0.293 e. The highest BCUT2D eigenvalue weighted by atomic mass is 32.2. The molecule has 2 nitrogen and oxygen atoms in total. The van der Waals surface area contributed by atoms with E-state index in [2.05, 4.69) is 4.98 Å².